The maximum atomic E-state index is 11.9. The molecule has 3 nitrogen and oxygen atoms in total. The molecule has 1 aromatic carbocycles. The second-order valence-electron chi connectivity index (χ2n) is 4.71. The van der Waals surface area contributed by atoms with Gasteiger partial charge in [-0.05, 0) is 55.4 Å². The quantitative estimate of drug-likeness (QED) is 0.807. The molecule has 2 rings (SSSR count). The number of carbonyl (C=O) groups excluding carboxylic acids is 1. The maximum Gasteiger partial charge on any atom is 0.251 e. The first kappa shape index (κ1) is 12.6. The largest absolute Gasteiger partial charge is 0.352 e. The van der Waals surface area contributed by atoms with Crippen molar-refractivity contribution in [3.8, 4) is 6.07 Å². The van der Waals surface area contributed by atoms with E-state index in [1.807, 2.05) is 12.1 Å². The monoisotopic (exact) mass is 242 g/mol. The summed E-state index contributed by atoms with van der Waals surface area (Å²) >= 11 is 0. The molecule has 0 heterocycles. The number of carbonyl (C=O) groups is 1. The Balaban J connectivity index is 1.84. The summed E-state index contributed by atoms with van der Waals surface area (Å²) < 4.78 is 0. The molecular formula is C15H18N2O. The van der Waals surface area contributed by atoms with Gasteiger partial charge in [0, 0.05) is 18.5 Å². The highest BCUT2D eigenvalue weighted by molar-refractivity contribution is 5.94. The molecule has 0 bridgehead atoms. The number of rotatable bonds is 5. The van der Waals surface area contributed by atoms with Crippen molar-refractivity contribution in [1.82, 2.24) is 5.32 Å². The highest BCUT2D eigenvalue weighted by Gasteiger charge is 2.13. The zero-order valence-electron chi connectivity index (χ0n) is 10.5. The molecule has 94 valence electrons. The number of unbranched alkanes of at least 4 members (excludes halogenated alkanes) is 2. The van der Waals surface area contributed by atoms with Crippen molar-refractivity contribution < 1.29 is 4.79 Å². The van der Waals surface area contributed by atoms with Crippen LogP contribution >= 0.6 is 0 Å². The van der Waals surface area contributed by atoms with E-state index in [1.54, 1.807) is 0 Å². The fourth-order valence-corrected chi connectivity index (χ4v) is 2.35. The molecule has 3 heteroatoms. The van der Waals surface area contributed by atoms with Gasteiger partial charge in [-0.15, -0.1) is 0 Å². The van der Waals surface area contributed by atoms with E-state index in [1.165, 1.54) is 17.5 Å². The van der Waals surface area contributed by atoms with Crippen LogP contribution in [-0.4, -0.2) is 12.5 Å². The third-order valence-corrected chi connectivity index (χ3v) is 3.36. The van der Waals surface area contributed by atoms with Gasteiger partial charge in [-0.25, -0.2) is 0 Å². The van der Waals surface area contributed by atoms with Crippen molar-refractivity contribution in [1.29, 1.82) is 5.26 Å². The fourth-order valence-electron chi connectivity index (χ4n) is 2.35. The fraction of sp³-hybridized carbons (Fsp3) is 0.467. The van der Waals surface area contributed by atoms with E-state index in [9.17, 15) is 4.79 Å². The van der Waals surface area contributed by atoms with Gasteiger partial charge in [0.1, 0.15) is 0 Å². The van der Waals surface area contributed by atoms with Crippen molar-refractivity contribution >= 4 is 5.91 Å². The van der Waals surface area contributed by atoms with Gasteiger partial charge in [0.15, 0.2) is 0 Å². The van der Waals surface area contributed by atoms with Gasteiger partial charge in [-0.3, -0.25) is 4.79 Å². The Morgan fingerprint density at radius 3 is 2.94 bits per heavy atom. The van der Waals surface area contributed by atoms with Crippen LogP contribution in [0.15, 0.2) is 18.2 Å². The van der Waals surface area contributed by atoms with Gasteiger partial charge < -0.3 is 5.32 Å². The molecule has 0 atom stereocenters. The first-order valence-electron chi connectivity index (χ1n) is 6.58. The lowest BCUT2D eigenvalue weighted by molar-refractivity contribution is 0.0953. The number of nitrogens with zero attached hydrogens (tertiary/aromatic N) is 1. The van der Waals surface area contributed by atoms with Crippen LogP contribution in [0.25, 0.3) is 0 Å². The van der Waals surface area contributed by atoms with Crippen LogP contribution in [-0.2, 0) is 12.8 Å². The second kappa shape index (κ2) is 6.20. The number of fused-ring (bicyclic) bond motifs is 1. The van der Waals surface area contributed by atoms with Crippen LogP contribution in [0.5, 0.6) is 0 Å². The maximum absolute atomic E-state index is 11.9. The Bertz CT molecular complexity index is 474. The standard InChI is InChI=1S/C15H18N2O/c16-9-2-1-3-10-17-15(18)14-8-7-12-5-4-6-13(12)11-14/h7-8,11H,1-6,10H2,(H,17,18). The van der Waals surface area contributed by atoms with Crippen LogP contribution in [0.2, 0.25) is 0 Å². The Labute approximate surface area is 108 Å². The molecule has 0 unspecified atom stereocenters. The number of benzene rings is 1. The number of hydrogen-bond donors (Lipinski definition) is 1. The molecule has 1 N–H and O–H groups in total. The predicted octanol–water partition coefficient (Wildman–Crippen LogP) is 2.60. The van der Waals surface area contributed by atoms with Crippen LogP contribution in [0, 0.1) is 11.3 Å². The van der Waals surface area contributed by atoms with E-state index >= 15 is 0 Å². The Morgan fingerprint density at radius 2 is 2.11 bits per heavy atom. The van der Waals surface area contributed by atoms with Crippen LogP contribution in [0.4, 0.5) is 0 Å². The average Bonchev–Trinajstić information content (AvgIpc) is 2.85. The predicted molar refractivity (Wildman–Crippen MR) is 70.3 cm³/mol. The molecule has 1 aliphatic carbocycles. The Morgan fingerprint density at radius 1 is 1.28 bits per heavy atom. The van der Waals surface area contributed by atoms with Gasteiger partial charge in [-0.2, -0.15) is 5.26 Å². The average molecular weight is 242 g/mol. The lowest BCUT2D eigenvalue weighted by atomic mass is 10.1. The van der Waals surface area contributed by atoms with Crippen molar-refractivity contribution in [3.63, 3.8) is 0 Å². The first-order valence-corrected chi connectivity index (χ1v) is 6.58. The van der Waals surface area contributed by atoms with E-state index < -0.39 is 0 Å². The van der Waals surface area contributed by atoms with Crippen molar-refractivity contribution in [3.05, 3.63) is 34.9 Å². The summed E-state index contributed by atoms with van der Waals surface area (Å²) in [6.45, 7) is 0.650. The minimum absolute atomic E-state index is 0.00153. The highest BCUT2D eigenvalue weighted by Crippen LogP contribution is 2.22. The Hall–Kier alpha value is -1.82. The summed E-state index contributed by atoms with van der Waals surface area (Å²) in [5, 5.41) is 11.3. The first-order chi connectivity index (χ1) is 8.81. The third-order valence-electron chi connectivity index (χ3n) is 3.36. The SMILES string of the molecule is N#CCCCCNC(=O)c1ccc2c(c1)CCC2. The van der Waals surface area contributed by atoms with E-state index in [0.29, 0.717) is 13.0 Å². The number of amides is 1. The third kappa shape index (κ3) is 3.10. The smallest absolute Gasteiger partial charge is 0.251 e. The number of hydrogen-bond acceptors (Lipinski definition) is 2. The molecule has 1 aliphatic rings. The van der Waals surface area contributed by atoms with E-state index in [2.05, 4.69) is 17.5 Å². The lowest BCUT2D eigenvalue weighted by Crippen LogP contribution is -2.24. The van der Waals surface area contributed by atoms with Gasteiger partial charge in [0.25, 0.3) is 5.91 Å². The zero-order valence-corrected chi connectivity index (χ0v) is 10.5. The molecule has 0 spiro atoms. The molecule has 1 amide bonds. The molecule has 0 saturated heterocycles. The van der Waals surface area contributed by atoms with Crippen molar-refractivity contribution in [2.75, 3.05) is 6.54 Å². The number of aryl methyl sites for hydroxylation is 2. The summed E-state index contributed by atoms with van der Waals surface area (Å²) in [5.74, 6) is 0.00153. The van der Waals surface area contributed by atoms with Gasteiger partial charge >= 0.3 is 0 Å². The topological polar surface area (TPSA) is 52.9 Å². The molecule has 0 saturated carbocycles. The molecule has 1 aromatic rings. The summed E-state index contributed by atoms with van der Waals surface area (Å²) in [7, 11) is 0. The summed E-state index contributed by atoms with van der Waals surface area (Å²) in [4.78, 5) is 11.9. The van der Waals surface area contributed by atoms with Gasteiger partial charge in [-0.1, -0.05) is 6.07 Å². The minimum Gasteiger partial charge on any atom is -0.352 e. The molecule has 0 radical (unpaired) electrons. The van der Waals surface area contributed by atoms with Gasteiger partial charge in [0.05, 0.1) is 6.07 Å². The van der Waals surface area contributed by atoms with Crippen LogP contribution in [0.1, 0.15) is 47.2 Å². The van der Waals surface area contributed by atoms with Crippen molar-refractivity contribution in [2.45, 2.75) is 38.5 Å². The summed E-state index contributed by atoms with van der Waals surface area (Å²) in [6, 6.07) is 8.11. The lowest BCUT2D eigenvalue weighted by Gasteiger charge is -2.06. The molecule has 0 fully saturated rings. The van der Waals surface area contributed by atoms with Crippen LogP contribution < -0.4 is 5.32 Å². The van der Waals surface area contributed by atoms with E-state index in [4.69, 9.17) is 5.26 Å². The summed E-state index contributed by atoms with van der Waals surface area (Å²) in [5.41, 5.74) is 3.48. The second-order valence-corrected chi connectivity index (χ2v) is 4.71. The Kier molecular flexibility index (Phi) is 4.35. The van der Waals surface area contributed by atoms with Crippen LogP contribution in [0.3, 0.4) is 0 Å². The number of nitrogens with one attached hydrogen (secondary N) is 1. The molecule has 0 aromatic heterocycles. The van der Waals surface area contributed by atoms with Gasteiger partial charge in [0.2, 0.25) is 0 Å². The van der Waals surface area contributed by atoms with Crippen molar-refractivity contribution in [2.24, 2.45) is 0 Å². The molecule has 0 aliphatic heterocycles. The summed E-state index contributed by atoms with van der Waals surface area (Å²) in [6.07, 6.45) is 5.72. The normalized spacial score (nSPS) is 12.8. The van der Waals surface area contributed by atoms with E-state index in [0.717, 1.165) is 31.2 Å². The number of nitriles is 1. The molecule has 18 heavy (non-hydrogen) atoms. The minimum atomic E-state index is 0.00153. The zero-order chi connectivity index (χ0) is 12.8. The highest BCUT2D eigenvalue weighted by atomic mass is 16.1. The molecular weight excluding hydrogens is 224 g/mol. The van der Waals surface area contributed by atoms with E-state index in [-0.39, 0.29) is 5.91 Å².